The fraction of sp³-hybridized carbons (Fsp3) is 0.385. The molecular weight excluding hydrogens is 312 g/mol. The van der Waals surface area contributed by atoms with Gasteiger partial charge in [0, 0.05) is 17.0 Å². The first-order valence-corrected chi connectivity index (χ1v) is 6.76. The number of hydrazone groups is 1. The van der Waals surface area contributed by atoms with Crippen LogP contribution in [-0.2, 0) is 4.79 Å². The van der Waals surface area contributed by atoms with E-state index in [0.29, 0.717) is 24.7 Å². The number of benzene rings is 1. The summed E-state index contributed by atoms with van der Waals surface area (Å²) in [5, 5.41) is 3.83. The number of rotatable bonds is 6. The number of carbonyl (C=O) groups excluding carboxylic acids is 1. The first-order valence-electron chi connectivity index (χ1n) is 5.97. The first-order chi connectivity index (χ1) is 9.08. The van der Waals surface area contributed by atoms with Gasteiger partial charge in [-0.1, -0.05) is 0 Å². The Labute approximate surface area is 121 Å². The van der Waals surface area contributed by atoms with Crippen LogP contribution >= 0.6 is 15.9 Å². The van der Waals surface area contributed by atoms with Gasteiger partial charge in [0.25, 0.3) is 0 Å². The van der Waals surface area contributed by atoms with Gasteiger partial charge in [-0.05, 0) is 41.9 Å². The minimum atomic E-state index is -0.219. The van der Waals surface area contributed by atoms with Crippen LogP contribution in [0.5, 0.6) is 11.5 Å². The molecule has 5 nitrogen and oxygen atoms in total. The first kappa shape index (κ1) is 15.5. The average molecular weight is 329 g/mol. The summed E-state index contributed by atoms with van der Waals surface area (Å²) in [5.41, 5.74) is 3.14. The van der Waals surface area contributed by atoms with E-state index in [1.807, 2.05) is 26.0 Å². The summed E-state index contributed by atoms with van der Waals surface area (Å²) in [4.78, 5) is 10.7. The van der Waals surface area contributed by atoms with Crippen LogP contribution in [0.4, 0.5) is 0 Å². The van der Waals surface area contributed by atoms with Gasteiger partial charge in [0.05, 0.1) is 19.4 Å². The topological polar surface area (TPSA) is 59.9 Å². The van der Waals surface area contributed by atoms with E-state index in [4.69, 9.17) is 9.47 Å². The molecule has 104 valence electrons. The predicted octanol–water partition coefficient (Wildman–Crippen LogP) is 2.72. The van der Waals surface area contributed by atoms with Crippen LogP contribution in [-0.4, -0.2) is 25.3 Å². The number of hydrogen-bond acceptors (Lipinski definition) is 4. The minimum absolute atomic E-state index is 0.219. The van der Waals surface area contributed by atoms with Crippen LogP contribution < -0.4 is 14.9 Å². The molecule has 1 amide bonds. The van der Waals surface area contributed by atoms with E-state index in [1.54, 1.807) is 6.21 Å². The van der Waals surface area contributed by atoms with E-state index in [1.165, 1.54) is 6.92 Å². The van der Waals surface area contributed by atoms with Gasteiger partial charge in [0.1, 0.15) is 0 Å². The Bertz CT molecular complexity index is 475. The Morgan fingerprint density at radius 3 is 2.42 bits per heavy atom. The summed E-state index contributed by atoms with van der Waals surface area (Å²) in [6.07, 6.45) is 1.55. The van der Waals surface area contributed by atoms with Gasteiger partial charge < -0.3 is 9.47 Å². The summed E-state index contributed by atoms with van der Waals surface area (Å²) >= 11 is 3.43. The van der Waals surface area contributed by atoms with Gasteiger partial charge in [0.15, 0.2) is 11.5 Å². The van der Waals surface area contributed by atoms with Crippen molar-refractivity contribution in [1.29, 1.82) is 0 Å². The highest BCUT2D eigenvalue weighted by molar-refractivity contribution is 9.10. The molecule has 0 aliphatic rings. The monoisotopic (exact) mass is 328 g/mol. The van der Waals surface area contributed by atoms with Gasteiger partial charge in [-0.3, -0.25) is 4.79 Å². The average Bonchev–Trinajstić information content (AvgIpc) is 2.34. The SMILES string of the molecule is CCOc1cc(Br)c(/C=N\NC(C)=O)cc1OCC. The maximum absolute atomic E-state index is 10.7. The van der Waals surface area contributed by atoms with Gasteiger partial charge >= 0.3 is 0 Å². The molecule has 0 aromatic heterocycles. The van der Waals surface area contributed by atoms with E-state index in [0.717, 1.165) is 10.0 Å². The van der Waals surface area contributed by atoms with Crippen LogP contribution in [0.1, 0.15) is 26.3 Å². The second-order valence-electron chi connectivity index (χ2n) is 3.61. The number of nitrogens with one attached hydrogen (secondary N) is 1. The van der Waals surface area contributed by atoms with Gasteiger partial charge in [-0.25, -0.2) is 5.43 Å². The highest BCUT2D eigenvalue weighted by Gasteiger charge is 2.09. The quantitative estimate of drug-likeness (QED) is 0.645. The fourth-order valence-corrected chi connectivity index (χ4v) is 1.80. The normalized spacial score (nSPS) is 10.5. The van der Waals surface area contributed by atoms with Crippen LogP contribution in [0.15, 0.2) is 21.7 Å². The van der Waals surface area contributed by atoms with Crippen LogP contribution in [0.3, 0.4) is 0 Å². The second kappa shape index (κ2) is 7.78. The predicted molar refractivity (Wildman–Crippen MR) is 77.9 cm³/mol. The molecule has 0 unspecified atom stereocenters. The Hall–Kier alpha value is -1.56. The Balaban J connectivity index is 3.01. The van der Waals surface area contributed by atoms with Crippen molar-refractivity contribution in [2.75, 3.05) is 13.2 Å². The lowest BCUT2D eigenvalue weighted by atomic mass is 10.2. The zero-order valence-corrected chi connectivity index (χ0v) is 12.8. The number of hydrogen-bond donors (Lipinski definition) is 1. The van der Waals surface area contributed by atoms with E-state index in [-0.39, 0.29) is 5.91 Å². The third-order valence-corrected chi connectivity index (χ3v) is 2.78. The van der Waals surface area contributed by atoms with Gasteiger partial charge in [0.2, 0.25) is 5.91 Å². The van der Waals surface area contributed by atoms with Crippen molar-refractivity contribution >= 4 is 28.1 Å². The molecule has 0 aliphatic carbocycles. The summed E-state index contributed by atoms with van der Waals surface area (Å²) in [6.45, 7) is 6.32. The highest BCUT2D eigenvalue weighted by atomic mass is 79.9. The summed E-state index contributed by atoms with van der Waals surface area (Å²) < 4.78 is 11.8. The Morgan fingerprint density at radius 2 is 1.89 bits per heavy atom. The minimum Gasteiger partial charge on any atom is -0.490 e. The second-order valence-corrected chi connectivity index (χ2v) is 4.47. The fourth-order valence-electron chi connectivity index (χ4n) is 1.38. The molecule has 6 heteroatoms. The molecule has 1 N–H and O–H groups in total. The smallest absolute Gasteiger partial charge is 0.236 e. The van der Waals surface area contributed by atoms with Crippen LogP contribution in [0, 0.1) is 0 Å². The third-order valence-electron chi connectivity index (χ3n) is 2.09. The largest absolute Gasteiger partial charge is 0.490 e. The number of halogens is 1. The van der Waals surface area contributed by atoms with Crippen molar-refractivity contribution in [3.8, 4) is 11.5 Å². The zero-order valence-electron chi connectivity index (χ0n) is 11.2. The Morgan fingerprint density at radius 1 is 1.32 bits per heavy atom. The molecule has 0 aliphatic heterocycles. The summed E-state index contributed by atoms with van der Waals surface area (Å²) in [7, 11) is 0. The molecule has 0 spiro atoms. The molecule has 0 saturated heterocycles. The van der Waals surface area contributed by atoms with Crippen molar-refractivity contribution in [3.05, 3.63) is 22.2 Å². The molecule has 0 fully saturated rings. The van der Waals surface area contributed by atoms with Crippen molar-refractivity contribution in [2.24, 2.45) is 5.10 Å². The lowest BCUT2D eigenvalue weighted by Gasteiger charge is -2.12. The molecule has 0 saturated carbocycles. The molecule has 1 aromatic carbocycles. The Kier molecular flexibility index (Phi) is 6.35. The maximum Gasteiger partial charge on any atom is 0.236 e. The van der Waals surface area contributed by atoms with Crippen LogP contribution in [0.25, 0.3) is 0 Å². The number of ether oxygens (including phenoxy) is 2. The lowest BCUT2D eigenvalue weighted by molar-refractivity contribution is -0.118. The van der Waals surface area contributed by atoms with Gasteiger partial charge in [-0.2, -0.15) is 5.10 Å². The third kappa shape index (κ3) is 4.90. The molecular formula is C13H17BrN2O3. The van der Waals surface area contributed by atoms with E-state index < -0.39 is 0 Å². The molecule has 0 heterocycles. The van der Waals surface area contributed by atoms with E-state index in [2.05, 4.69) is 26.5 Å². The number of carbonyl (C=O) groups is 1. The van der Waals surface area contributed by atoms with Crippen molar-refractivity contribution in [1.82, 2.24) is 5.43 Å². The van der Waals surface area contributed by atoms with Crippen molar-refractivity contribution in [2.45, 2.75) is 20.8 Å². The molecule has 0 radical (unpaired) electrons. The molecule has 19 heavy (non-hydrogen) atoms. The highest BCUT2D eigenvalue weighted by Crippen LogP contribution is 2.33. The van der Waals surface area contributed by atoms with Crippen molar-refractivity contribution in [3.63, 3.8) is 0 Å². The number of amides is 1. The summed E-state index contributed by atoms with van der Waals surface area (Å²) in [5.74, 6) is 1.10. The van der Waals surface area contributed by atoms with E-state index >= 15 is 0 Å². The molecule has 1 aromatic rings. The molecule has 0 bridgehead atoms. The van der Waals surface area contributed by atoms with Crippen molar-refractivity contribution < 1.29 is 14.3 Å². The number of nitrogens with zero attached hydrogens (tertiary/aromatic N) is 1. The maximum atomic E-state index is 10.7. The lowest BCUT2D eigenvalue weighted by Crippen LogP contribution is -2.12. The zero-order chi connectivity index (χ0) is 14.3. The summed E-state index contributed by atoms with van der Waals surface area (Å²) in [6, 6.07) is 3.63. The van der Waals surface area contributed by atoms with Crippen LogP contribution in [0.2, 0.25) is 0 Å². The van der Waals surface area contributed by atoms with E-state index in [9.17, 15) is 4.79 Å². The standard InChI is InChI=1S/C13H17BrN2O3/c1-4-18-12-6-10(8-15-16-9(3)17)11(14)7-13(12)19-5-2/h6-8H,4-5H2,1-3H3,(H,16,17)/b15-8-. The van der Waals surface area contributed by atoms with Gasteiger partial charge in [-0.15, -0.1) is 0 Å². The molecule has 0 atom stereocenters. The molecule has 1 rings (SSSR count).